The van der Waals surface area contributed by atoms with E-state index in [4.69, 9.17) is 0 Å². The van der Waals surface area contributed by atoms with Crippen molar-refractivity contribution in [2.45, 2.75) is 39.0 Å². The van der Waals surface area contributed by atoms with Gasteiger partial charge in [0.15, 0.2) is 0 Å². The van der Waals surface area contributed by atoms with Crippen LogP contribution < -0.4 is 15.4 Å². The van der Waals surface area contributed by atoms with Crippen molar-refractivity contribution >= 4 is 6.03 Å². The van der Waals surface area contributed by atoms with Crippen LogP contribution in [0.3, 0.4) is 0 Å². The molecule has 1 aliphatic carbocycles. The van der Waals surface area contributed by atoms with E-state index >= 15 is 0 Å². The summed E-state index contributed by atoms with van der Waals surface area (Å²) in [5, 5.41) is 5.51. The molecule has 1 saturated carbocycles. The molecular weight excluding hydrogens is 321 g/mol. The van der Waals surface area contributed by atoms with Gasteiger partial charge in [-0.3, -0.25) is 0 Å². The Kier molecular flexibility index (Phi) is 6.34. The van der Waals surface area contributed by atoms with Crippen LogP contribution >= 0.6 is 0 Å². The molecule has 1 aliphatic rings. The Hall–Kier alpha value is -1.92. The first kappa shape index (κ1) is 18.4. The van der Waals surface area contributed by atoms with Gasteiger partial charge in [-0.05, 0) is 36.3 Å². The number of carbonyl (C=O) groups excluding carboxylic acids is 1. The van der Waals surface area contributed by atoms with Crippen LogP contribution in [0.1, 0.15) is 31.7 Å². The number of rotatable bonds is 6. The van der Waals surface area contributed by atoms with Crippen LogP contribution in [0.15, 0.2) is 24.3 Å². The van der Waals surface area contributed by atoms with Gasteiger partial charge in [0.1, 0.15) is 5.75 Å². The van der Waals surface area contributed by atoms with E-state index in [1.807, 2.05) is 0 Å². The van der Waals surface area contributed by atoms with Gasteiger partial charge in [0.25, 0.3) is 0 Å². The van der Waals surface area contributed by atoms with Gasteiger partial charge in [-0.2, -0.15) is 0 Å². The Morgan fingerprint density at radius 3 is 2.67 bits per heavy atom. The summed E-state index contributed by atoms with van der Waals surface area (Å²) in [5.74, 6) is 0.903. The summed E-state index contributed by atoms with van der Waals surface area (Å²) >= 11 is 0. The number of halogens is 3. The predicted octanol–water partition coefficient (Wildman–Crippen LogP) is 3.86. The van der Waals surface area contributed by atoms with E-state index in [1.165, 1.54) is 25.0 Å². The third-order valence-corrected chi connectivity index (χ3v) is 4.44. The molecule has 134 valence electrons. The van der Waals surface area contributed by atoms with E-state index < -0.39 is 6.36 Å². The average molecular weight is 344 g/mol. The standard InChI is InChI=1S/C17H23F3N2O2/c1-12-5-4-7-14(12)11-22-16(23)21-10-9-13-6-2-3-8-15(13)24-17(18,19)20/h2-3,6,8,12,14H,4-5,7,9-11H2,1H3,(H2,21,22,23). The minimum atomic E-state index is -4.72. The molecular formula is C17H23F3N2O2. The van der Waals surface area contributed by atoms with Gasteiger partial charge in [0, 0.05) is 13.1 Å². The van der Waals surface area contributed by atoms with Crippen molar-refractivity contribution in [3.05, 3.63) is 29.8 Å². The maximum atomic E-state index is 12.3. The van der Waals surface area contributed by atoms with Gasteiger partial charge in [-0.25, -0.2) is 4.79 Å². The fourth-order valence-electron chi connectivity index (χ4n) is 3.06. The zero-order valence-corrected chi connectivity index (χ0v) is 13.7. The number of para-hydroxylation sites is 1. The van der Waals surface area contributed by atoms with E-state index in [0.717, 1.165) is 6.42 Å². The Balaban J connectivity index is 1.74. The van der Waals surface area contributed by atoms with Crippen LogP contribution in [0.25, 0.3) is 0 Å². The van der Waals surface area contributed by atoms with Crippen LogP contribution in [0, 0.1) is 11.8 Å². The molecule has 0 spiro atoms. The molecule has 0 heterocycles. The predicted molar refractivity (Wildman–Crippen MR) is 84.7 cm³/mol. The molecule has 0 saturated heterocycles. The van der Waals surface area contributed by atoms with E-state index in [9.17, 15) is 18.0 Å². The summed E-state index contributed by atoms with van der Waals surface area (Å²) in [7, 11) is 0. The number of benzene rings is 1. The lowest BCUT2D eigenvalue weighted by Crippen LogP contribution is -2.39. The van der Waals surface area contributed by atoms with Gasteiger partial charge < -0.3 is 15.4 Å². The molecule has 2 unspecified atom stereocenters. The van der Waals surface area contributed by atoms with Crippen molar-refractivity contribution in [1.82, 2.24) is 10.6 Å². The zero-order valence-electron chi connectivity index (χ0n) is 13.7. The first-order valence-electron chi connectivity index (χ1n) is 8.20. The van der Waals surface area contributed by atoms with Crippen molar-refractivity contribution < 1.29 is 22.7 Å². The van der Waals surface area contributed by atoms with Crippen molar-refractivity contribution in [2.75, 3.05) is 13.1 Å². The molecule has 0 bridgehead atoms. The molecule has 2 atom stereocenters. The first-order valence-corrected chi connectivity index (χ1v) is 8.20. The Morgan fingerprint density at radius 1 is 1.25 bits per heavy atom. The number of amides is 2. The SMILES string of the molecule is CC1CCCC1CNC(=O)NCCc1ccccc1OC(F)(F)F. The molecule has 0 radical (unpaired) electrons. The lowest BCUT2D eigenvalue weighted by atomic mass is 9.98. The first-order chi connectivity index (χ1) is 11.3. The molecule has 0 aromatic heterocycles. The summed E-state index contributed by atoms with van der Waals surface area (Å²) in [4.78, 5) is 11.8. The number of carbonyl (C=O) groups is 1. The second-order valence-electron chi connectivity index (χ2n) is 6.21. The second kappa shape index (κ2) is 8.26. The monoisotopic (exact) mass is 344 g/mol. The zero-order chi connectivity index (χ0) is 17.6. The molecule has 2 N–H and O–H groups in total. The molecule has 1 aromatic rings. The number of hydrogen-bond acceptors (Lipinski definition) is 2. The molecule has 4 nitrogen and oxygen atoms in total. The van der Waals surface area contributed by atoms with Gasteiger partial charge in [-0.15, -0.1) is 13.2 Å². The Bertz CT molecular complexity index is 549. The quantitative estimate of drug-likeness (QED) is 0.823. The van der Waals surface area contributed by atoms with Crippen LogP contribution in [0.4, 0.5) is 18.0 Å². The lowest BCUT2D eigenvalue weighted by molar-refractivity contribution is -0.274. The molecule has 2 amide bonds. The minimum Gasteiger partial charge on any atom is -0.406 e. The van der Waals surface area contributed by atoms with E-state index in [1.54, 1.807) is 12.1 Å². The summed E-state index contributed by atoms with van der Waals surface area (Å²) in [6.45, 7) is 3.07. The van der Waals surface area contributed by atoms with Gasteiger partial charge in [-0.1, -0.05) is 38.0 Å². The van der Waals surface area contributed by atoms with E-state index in [-0.39, 0.29) is 24.7 Å². The number of nitrogens with one attached hydrogen (secondary N) is 2. The highest BCUT2D eigenvalue weighted by Gasteiger charge is 2.31. The van der Waals surface area contributed by atoms with Gasteiger partial charge >= 0.3 is 12.4 Å². The topological polar surface area (TPSA) is 50.4 Å². The normalized spacial score (nSPS) is 20.7. The third kappa shape index (κ3) is 5.94. The fourth-order valence-corrected chi connectivity index (χ4v) is 3.06. The highest BCUT2D eigenvalue weighted by Crippen LogP contribution is 2.30. The Morgan fingerprint density at radius 2 is 2.00 bits per heavy atom. The number of alkyl halides is 3. The average Bonchev–Trinajstić information content (AvgIpc) is 2.91. The van der Waals surface area contributed by atoms with Crippen LogP contribution in [-0.2, 0) is 6.42 Å². The second-order valence-corrected chi connectivity index (χ2v) is 6.21. The number of ether oxygens (including phenoxy) is 1. The maximum Gasteiger partial charge on any atom is 0.573 e. The fraction of sp³-hybridized carbons (Fsp3) is 0.588. The van der Waals surface area contributed by atoms with Gasteiger partial charge in [0.2, 0.25) is 0 Å². The smallest absolute Gasteiger partial charge is 0.406 e. The summed E-state index contributed by atoms with van der Waals surface area (Å²) in [5.41, 5.74) is 0.402. The highest BCUT2D eigenvalue weighted by molar-refractivity contribution is 5.73. The van der Waals surface area contributed by atoms with Crippen molar-refractivity contribution in [2.24, 2.45) is 11.8 Å². The lowest BCUT2D eigenvalue weighted by Gasteiger charge is -2.16. The van der Waals surface area contributed by atoms with Crippen molar-refractivity contribution in [1.29, 1.82) is 0 Å². The molecule has 0 aliphatic heterocycles. The van der Waals surface area contributed by atoms with Crippen LogP contribution in [-0.4, -0.2) is 25.5 Å². The van der Waals surface area contributed by atoms with Crippen LogP contribution in [0.2, 0.25) is 0 Å². The molecule has 7 heteroatoms. The maximum absolute atomic E-state index is 12.3. The molecule has 24 heavy (non-hydrogen) atoms. The molecule has 1 fully saturated rings. The van der Waals surface area contributed by atoms with Gasteiger partial charge in [0.05, 0.1) is 0 Å². The van der Waals surface area contributed by atoms with E-state index in [2.05, 4.69) is 22.3 Å². The Labute approximate surface area is 139 Å². The van der Waals surface area contributed by atoms with E-state index in [0.29, 0.717) is 23.9 Å². The highest BCUT2D eigenvalue weighted by atomic mass is 19.4. The summed E-state index contributed by atoms with van der Waals surface area (Å²) in [6, 6.07) is 5.65. The number of urea groups is 1. The van der Waals surface area contributed by atoms with Crippen molar-refractivity contribution in [3.63, 3.8) is 0 Å². The summed E-state index contributed by atoms with van der Waals surface area (Å²) < 4.78 is 41.0. The minimum absolute atomic E-state index is 0.230. The summed E-state index contributed by atoms with van der Waals surface area (Å²) in [6.07, 6.45) is -0.933. The van der Waals surface area contributed by atoms with Crippen molar-refractivity contribution in [3.8, 4) is 5.75 Å². The molecule has 2 rings (SSSR count). The number of hydrogen-bond donors (Lipinski definition) is 2. The van der Waals surface area contributed by atoms with Crippen LogP contribution in [0.5, 0.6) is 5.75 Å². The largest absolute Gasteiger partial charge is 0.573 e. The molecule has 1 aromatic carbocycles. The third-order valence-electron chi connectivity index (χ3n) is 4.44.